The van der Waals surface area contributed by atoms with Crippen LogP contribution in [0.25, 0.3) is 0 Å². The van der Waals surface area contributed by atoms with E-state index in [2.05, 4.69) is 10.1 Å². The first-order valence-corrected chi connectivity index (χ1v) is 6.05. The lowest BCUT2D eigenvalue weighted by Gasteiger charge is -2.27. The van der Waals surface area contributed by atoms with Gasteiger partial charge in [-0.15, -0.1) is 0 Å². The molecule has 1 N–H and O–H groups in total. The van der Waals surface area contributed by atoms with Crippen molar-refractivity contribution < 1.29 is 13.5 Å². The molecule has 0 saturated carbocycles. The van der Waals surface area contributed by atoms with Gasteiger partial charge in [0.1, 0.15) is 5.75 Å². The molecule has 1 heterocycles. The van der Waals surface area contributed by atoms with Gasteiger partial charge in [-0.2, -0.15) is 8.78 Å². The predicted molar refractivity (Wildman–Crippen MR) is 60.2 cm³/mol. The Balaban J connectivity index is 1.86. The highest BCUT2D eigenvalue weighted by molar-refractivity contribution is 5.41. The van der Waals surface area contributed by atoms with Crippen LogP contribution >= 0.6 is 0 Å². The second kappa shape index (κ2) is 4.26. The summed E-state index contributed by atoms with van der Waals surface area (Å²) in [7, 11) is 0. The number of benzene rings is 1. The molecule has 1 aliphatic carbocycles. The molecule has 0 aromatic heterocycles. The normalized spacial score (nSPS) is 26.8. The Kier molecular flexibility index (Phi) is 2.74. The molecular formula is C13H15F2NO. The number of piperidine rings is 1. The van der Waals surface area contributed by atoms with Crippen molar-refractivity contribution in [3.63, 3.8) is 0 Å². The molecule has 0 bridgehead atoms. The van der Waals surface area contributed by atoms with Gasteiger partial charge in [-0.25, -0.2) is 0 Å². The Hall–Kier alpha value is -1.16. The first-order valence-electron chi connectivity index (χ1n) is 6.05. The molecule has 1 fully saturated rings. The van der Waals surface area contributed by atoms with Crippen molar-refractivity contribution in [2.24, 2.45) is 5.92 Å². The van der Waals surface area contributed by atoms with E-state index in [-0.39, 0.29) is 5.75 Å². The largest absolute Gasteiger partial charge is 0.435 e. The molecule has 92 valence electrons. The Morgan fingerprint density at radius 1 is 1.35 bits per heavy atom. The van der Waals surface area contributed by atoms with Gasteiger partial charge in [0.05, 0.1) is 0 Å². The first kappa shape index (κ1) is 11.0. The molecule has 2 nitrogen and oxygen atoms in total. The molecular weight excluding hydrogens is 224 g/mol. The van der Waals surface area contributed by atoms with Crippen LogP contribution in [-0.2, 0) is 6.42 Å². The summed E-state index contributed by atoms with van der Waals surface area (Å²) in [6, 6.07) is 5.75. The number of fused-ring (bicyclic) bond motifs is 3. The summed E-state index contributed by atoms with van der Waals surface area (Å²) in [6.45, 7) is -1.69. The van der Waals surface area contributed by atoms with Gasteiger partial charge in [0.25, 0.3) is 0 Å². The van der Waals surface area contributed by atoms with Crippen molar-refractivity contribution in [1.82, 2.24) is 5.32 Å². The van der Waals surface area contributed by atoms with Crippen molar-refractivity contribution in [2.75, 3.05) is 6.54 Å². The van der Waals surface area contributed by atoms with Crippen LogP contribution in [0, 0.1) is 5.92 Å². The molecule has 0 radical (unpaired) electrons. The third kappa shape index (κ3) is 2.02. The summed E-state index contributed by atoms with van der Waals surface area (Å²) < 4.78 is 28.7. The smallest absolute Gasteiger partial charge is 0.387 e. The predicted octanol–water partition coefficient (Wildman–Crippen LogP) is 2.88. The summed E-state index contributed by atoms with van der Waals surface area (Å²) in [4.78, 5) is 0. The maximum absolute atomic E-state index is 12.1. The molecule has 2 atom stereocenters. The molecule has 1 aromatic rings. The number of ether oxygens (including phenoxy) is 1. The fourth-order valence-corrected chi connectivity index (χ4v) is 3.06. The van der Waals surface area contributed by atoms with Crippen LogP contribution in [-0.4, -0.2) is 13.2 Å². The van der Waals surface area contributed by atoms with E-state index in [0.29, 0.717) is 12.0 Å². The quantitative estimate of drug-likeness (QED) is 0.856. The summed E-state index contributed by atoms with van der Waals surface area (Å²) in [5, 5.41) is 3.51. The van der Waals surface area contributed by atoms with Crippen LogP contribution in [0.4, 0.5) is 8.78 Å². The molecule has 1 aromatic carbocycles. The van der Waals surface area contributed by atoms with Gasteiger partial charge in [-0.1, -0.05) is 6.07 Å². The standard InChI is InChI=1S/C13H15F2NO/c14-13(15)17-10-3-4-11-9(7-10)6-8-2-1-5-16-12(8)11/h3-4,7-8,12-13,16H,1-2,5-6H2/t8-,12-/m1/s1. The first-order chi connectivity index (χ1) is 8.24. The fraction of sp³-hybridized carbons (Fsp3) is 0.538. The maximum atomic E-state index is 12.1. The van der Waals surface area contributed by atoms with Crippen LogP contribution in [0.2, 0.25) is 0 Å². The Morgan fingerprint density at radius 2 is 2.24 bits per heavy atom. The molecule has 17 heavy (non-hydrogen) atoms. The Bertz CT molecular complexity index is 422. The molecule has 0 spiro atoms. The second-order valence-electron chi connectivity index (χ2n) is 4.78. The number of rotatable bonds is 2. The summed E-state index contributed by atoms with van der Waals surface area (Å²) in [5.74, 6) is 0.901. The third-order valence-electron chi connectivity index (χ3n) is 3.74. The number of nitrogens with one attached hydrogen (secondary N) is 1. The van der Waals surface area contributed by atoms with Gasteiger partial charge in [0, 0.05) is 6.04 Å². The van der Waals surface area contributed by atoms with E-state index >= 15 is 0 Å². The van der Waals surface area contributed by atoms with E-state index in [1.807, 2.05) is 6.07 Å². The van der Waals surface area contributed by atoms with Gasteiger partial charge in [-0.3, -0.25) is 0 Å². The SMILES string of the molecule is FC(F)Oc1ccc2c(c1)C[C@H]1CCCN[C@@H]21. The van der Waals surface area contributed by atoms with Crippen molar-refractivity contribution in [1.29, 1.82) is 0 Å². The molecule has 1 aliphatic heterocycles. The van der Waals surface area contributed by atoms with Crippen molar-refractivity contribution >= 4 is 0 Å². The van der Waals surface area contributed by atoms with Gasteiger partial charge in [0.15, 0.2) is 0 Å². The third-order valence-corrected chi connectivity index (χ3v) is 3.74. The van der Waals surface area contributed by atoms with Gasteiger partial charge in [-0.05, 0) is 55.0 Å². The van der Waals surface area contributed by atoms with E-state index < -0.39 is 6.61 Å². The average molecular weight is 239 g/mol. The summed E-state index contributed by atoms with van der Waals surface area (Å²) in [5.41, 5.74) is 2.42. The van der Waals surface area contributed by atoms with E-state index in [9.17, 15) is 8.78 Å². The fourth-order valence-electron chi connectivity index (χ4n) is 3.06. The highest BCUT2D eigenvalue weighted by Crippen LogP contribution is 2.41. The average Bonchev–Trinajstić information content (AvgIpc) is 2.65. The molecule has 3 rings (SSSR count). The van der Waals surface area contributed by atoms with Crippen LogP contribution in [0.3, 0.4) is 0 Å². The minimum absolute atomic E-state index is 0.275. The second-order valence-corrected chi connectivity index (χ2v) is 4.78. The van der Waals surface area contributed by atoms with Crippen LogP contribution in [0.5, 0.6) is 5.75 Å². The zero-order valence-corrected chi connectivity index (χ0v) is 9.46. The van der Waals surface area contributed by atoms with E-state index in [0.717, 1.165) is 18.5 Å². The van der Waals surface area contributed by atoms with Crippen molar-refractivity contribution in [2.45, 2.75) is 31.9 Å². The van der Waals surface area contributed by atoms with Crippen molar-refractivity contribution in [3.05, 3.63) is 29.3 Å². The lowest BCUT2D eigenvalue weighted by Crippen LogP contribution is -2.31. The monoisotopic (exact) mass is 239 g/mol. The number of hydrogen-bond donors (Lipinski definition) is 1. The summed E-state index contributed by atoms with van der Waals surface area (Å²) >= 11 is 0. The number of halogens is 2. The zero-order valence-electron chi connectivity index (χ0n) is 9.46. The zero-order chi connectivity index (χ0) is 11.8. The van der Waals surface area contributed by atoms with Crippen LogP contribution in [0.15, 0.2) is 18.2 Å². The maximum Gasteiger partial charge on any atom is 0.387 e. The van der Waals surface area contributed by atoms with E-state index in [4.69, 9.17) is 0 Å². The molecule has 0 amide bonds. The lowest BCUT2D eigenvalue weighted by atomic mass is 9.92. The van der Waals surface area contributed by atoms with Gasteiger partial charge >= 0.3 is 6.61 Å². The summed E-state index contributed by atoms with van der Waals surface area (Å²) in [6.07, 6.45) is 3.40. The highest BCUT2D eigenvalue weighted by atomic mass is 19.3. The highest BCUT2D eigenvalue weighted by Gasteiger charge is 2.34. The van der Waals surface area contributed by atoms with E-state index in [1.54, 1.807) is 12.1 Å². The Morgan fingerprint density at radius 3 is 3.06 bits per heavy atom. The molecule has 2 aliphatic rings. The lowest BCUT2D eigenvalue weighted by molar-refractivity contribution is -0.0498. The van der Waals surface area contributed by atoms with Gasteiger partial charge < -0.3 is 10.1 Å². The minimum atomic E-state index is -2.74. The minimum Gasteiger partial charge on any atom is -0.435 e. The molecule has 4 heteroatoms. The van der Waals surface area contributed by atoms with Gasteiger partial charge in [0.2, 0.25) is 0 Å². The number of hydrogen-bond acceptors (Lipinski definition) is 2. The topological polar surface area (TPSA) is 21.3 Å². The number of alkyl halides is 2. The molecule has 1 saturated heterocycles. The van der Waals surface area contributed by atoms with Crippen LogP contribution in [0.1, 0.15) is 30.0 Å². The molecule has 0 unspecified atom stereocenters. The van der Waals surface area contributed by atoms with Crippen LogP contribution < -0.4 is 10.1 Å². The Labute approximate surface area is 99.0 Å². The van der Waals surface area contributed by atoms with Crippen molar-refractivity contribution in [3.8, 4) is 5.75 Å². The van der Waals surface area contributed by atoms with E-state index in [1.165, 1.54) is 18.4 Å².